The molecule has 2 heterocycles. The number of hydrogen-bond donors (Lipinski definition) is 0. The van der Waals surface area contributed by atoms with Crippen LogP contribution < -0.4 is 9.96 Å². The lowest BCUT2D eigenvalue weighted by Gasteiger charge is -2.26. The van der Waals surface area contributed by atoms with Crippen LogP contribution in [0.15, 0.2) is 95.5 Å². The van der Waals surface area contributed by atoms with Gasteiger partial charge in [0.1, 0.15) is 5.92 Å². The van der Waals surface area contributed by atoms with Crippen molar-refractivity contribution in [1.29, 1.82) is 0 Å². The zero-order valence-electron chi connectivity index (χ0n) is 16.5. The number of carbonyl (C=O) groups excluding carboxylic acids is 2. The molecular formula is C25H19BrN2O3. The van der Waals surface area contributed by atoms with E-state index < -0.39 is 18.1 Å². The Morgan fingerprint density at radius 3 is 2.10 bits per heavy atom. The first-order valence-electron chi connectivity index (χ1n) is 10.0. The molecule has 0 spiro atoms. The molecule has 6 heteroatoms. The number of amides is 2. The molecule has 5 nitrogen and oxygen atoms in total. The van der Waals surface area contributed by atoms with Crippen LogP contribution in [0.5, 0.6) is 0 Å². The van der Waals surface area contributed by atoms with Crippen molar-refractivity contribution in [3.63, 3.8) is 0 Å². The molecule has 2 saturated heterocycles. The third kappa shape index (κ3) is 3.58. The summed E-state index contributed by atoms with van der Waals surface area (Å²) in [7, 11) is 0. The highest BCUT2D eigenvalue weighted by Gasteiger charge is 2.59. The van der Waals surface area contributed by atoms with Gasteiger partial charge in [0.05, 0.1) is 17.4 Å². The molecule has 2 fully saturated rings. The van der Waals surface area contributed by atoms with Crippen LogP contribution in [0.2, 0.25) is 0 Å². The van der Waals surface area contributed by atoms with Gasteiger partial charge in [0.15, 0.2) is 6.10 Å². The number of carbonyl (C=O) groups is 2. The van der Waals surface area contributed by atoms with E-state index in [-0.39, 0.29) is 11.8 Å². The highest BCUT2D eigenvalue weighted by Crippen LogP contribution is 2.41. The summed E-state index contributed by atoms with van der Waals surface area (Å²) in [5.41, 5.74) is 2.36. The van der Waals surface area contributed by atoms with Crippen LogP contribution >= 0.6 is 15.9 Å². The second kappa shape index (κ2) is 8.13. The third-order valence-electron chi connectivity index (χ3n) is 5.54. The Bertz CT molecular complexity index is 1130. The molecule has 154 valence electrons. The minimum Gasteiger partial charge on any atom is -0.273 e. The highest BCUT2D eigenvalue weighted by molar-refractivity contribution is 9.10. The van der Waals surface area contributed by atoms with Crippen molar-refractivity contribution in [3.05, 3.63) is 101 Å². The summed E-state index contributed by atoms with van der Waals surface area (Å²) >= 11 is 3.39. The summed E-state index contributed by atoms with van der Waals surface area (Å²) in [4.78, 5) is 34.0. The molecule has 0 aromatic heterocycles. The lowest BCUT2D eigenvalue weighted by Crippen LogP contribution is -2.39. The fraction of sp³-hybridized carbons (Fsp3) is 0.120. The van der Waals surface area contributed by atoms with Crippen LogP contribution in [0.25, 0.3) is 6.08 Å². The predicted molar refractivity (Wildman–Crippen MR) is 123 cm³/mol. The maximum atomic E-state index is 13.4. The summed E-state index contributed by atoms with van der Waals surface area (Å²) in [5.74, 6) is -1.22. The molecule has 0 radical (unpaired) electrons. The number of hydroxylamine groups is 1. The summed E-state index contributed by atoms with van der Waals surface area (Å²) in [6, 6.07) is 26.1. The molecule has 0 unspecified atom stereocenters. The number of nitrogens with zero attached hydrogens (tertiary/aromatic N) is 2. The smallest absolute Gasteiger partial charge is 0.266 e. The molecular weight excluding hydrogens is 456 g/mol. The van der Waals surface area contributed by atoms with E-state index in [1.54, 1.807) is 17.2 Å². The number of anilines is 2. The SMILES string of the molecule is O=C1[C@H]2[C@@H](/C=C/c3ccccc3)N(c3ccccc3)O[C@H]2C(=O)N1c1ccc(Br)cc1. The zero-order valence-corrected chi connectivity index (χ0v) is 18.1. The molecule has 2 aliphatic heterocycles. The van der Waals surface area contributed by atoms with Crippen molar-refractivity contribution in [2.75, 3.05) is 9.96 Å². The number of rotatable bonds is 4. The van der Waals surface area contributed by atoms with Gasteiger partial charge >= 0.3 is 0 Å². The van der Waals surface area contributed by atoms with Gasteiger partial charge in [0.25, 0.3) is 5.91 Å². The van der Waals surface area contributed by atoms with Gasteiger partial charge < -0.3 is 0 Å². The maximum Gasteiger partial charge on any atom is 0.266 e. The van der Waals surface area contributed by atoms with Crippen molar-refractivity contribution in [3.8, 4) is 0 Å². The number of imide groups is 1. The lowest BCUT2D eigenvalue weighted by atomic mass is 9.95. The molecule has 0 aliphatic carbocycles. The fourth-order valence-corrected chi connectivity index (χ4v) is 4.33. The summed E-state index contributed by atoms with van der Waals surface area (Å²) in [6.45, 7) is 0. The van der Waals surface area contributed by atoms with E-state index in [0.717, 1.165) is 15.7 Å². The Kier molecular flexibility index (Phi) is 5.18. The van der Waals surface area contributed by atoms with Gasteiger partial charge in [-0.2, -0.15) is 0 Å². The Balaban J connectivity index is 1.52. The van der Waals surface area contributed by atoms with Crippen molar-refractivity contribution < 1.29 is 14.4 Å². The zero-order chi connectivity index (χ0) is 21.4. The summed E-state index contributed by atoms with van der Waals surface area (Å²) in [5, 5.41) is 1.68. The van der Waals surface area contributed by atoms with Gasteiger partial charge in [0.2, 0.25) is 5.91 Å². The number of fused-ring (bicyclic) bond motifs is 1. The third-order valence-corrected chi connectivity index (χ3v) is 6.07. The van der Waals surface area contributed by atoms with E-state index in [0.29, 0.717) is 5.69 Å². The topological polar surface area (TPSA) is 49.9 Å². The van der Waals surface area contributed by atoms with Gasteiger partial charge in [-0.05, 0) is 42.0 Å². The van der Waals surface area contributed by atoms with E-state index in [1.807, 2.05) is 84.9 Å². The monoisotopic (exact) mass is 474 g/mol. The maximum absolute atomic E-state index is 13.4. The van der Waals surface area contributed by atoms with Crippen LogP contribution in [0.1, 0.15) is 5.56 Å². The summed E-state index contributed by atoms with van der Waals surface area (Å²) < 4.78 is 0.880. The van der Waals surface area contributed by atoms with Crippen LogP contribution in [0.4, 0.5) is 11.4 Å². The first-order valence-corrected chi connectivity index (χ1v) is 10.8. The second-order valence-electron chi connectivity index (χ2n) is 7.46. The average Bonchev–Trinajstić information content (AvgIpc) is 3.30. The molecule has 2 aliphatic rings. The minimum absolute atomic E-state index is 0.251. The van der Waals surface area contributed by atoms with Crippen molar-refractivity contribution >= 4 is 45.2 Å². The van der Waals surface area contributed by atoms with E-state index in [2.05, 4.69) is 15.9 Å². The van der Waals surface area contributed by atoms with Crippen molar-refractivity contribution in [2.45, 2.75) is 12.1 Å². The second-order valence-corrected chi connectivity index (χ2v) is 8.38. The van der Waals surface area contributed by atoms with Crippen molar-refractivity contribution in [2.24, 2.45) is 5.92 Å². The van der Waals surface area contributed by atoms with E-state index in [1.165, 1.54) is 4.90 Å². The molecule has 3 aromatic rings. The standard InChI is InChI=1S/C25H19BrN2O3/c26-18-12-14-19(15-13-18)27-24(29)22-21(16-11-17-7-3-1-4-8-17)28(31-23(22)25(27)30)20-9-5-2-6-10-20/h1-16,21-23H/b16-11+/t21-,22+,23-/m1/s1. The summed E-state index contributed by atoms with van der Waals surface area (Å²) in [6.07, 6.45) is 3.05. The Morgan fingerprint density at radius 1 is 0.774 bits per heavy atom. The molecule has 0 saturated carbocycles. The van der Waals surface area contributed by atoms with Gasteiger partial charge in [-0.25, -0.2) is 9.96 Å². The molecule has 0 N–H and O–H groups in total. The molecule has 3 atom stereocenters. The van der Waals surface area contributed by atoms with E-state index in [9.17, 15) is 9.59 Å². The van der Waals surface area contributed by atoms with Gasteiger partial charge in [-0.3, -0.25) is 14.4 Å². The number of halogens is 1. The first kappa shape index (κ1) is 19.7. The Hall–Kier alpha value is -3.22. The van der Waals surface area contributed by atoms with Crippen molar-refractivity contribution in [1.82, 2.24) is 0 Å². The van der Waals surface area contributed by atoms with Gasteiger partial charge in [0, 0.05) is 4.47 Å². The quantitative estimate of drug-likeness (QED) is 0.507. The number of para-hydroxylation sites is 1. The largest absolute Gasteiger partial charge is 0.273 e. The Morgan fingerprint density at radius 2 is 1.42 bits per heavy atom. The fourth-order valence-electron chi connectivity index (χ4n) is 4.07. The van der Waals surface area contributed by atoms with Crippen LogP contribution in [0.3, 0.4) is 0 Å². The average molecular weight is 475 g/mol. The van der Waals surface area contributed by atoms with Gasteiger partial charge in [-0.15, -0.1) is 0 Å². The van der Waals surface area contributed by atoms with Crippen LogP contribution in [-0.4, -0.2) is 24.0 Å². The van der Waals surface area contributed by atoms with Gasteiger partial charge in [-0.1, -0.05) is 76.6 Å². The van der Waals surface area contributed by atoms with E-state index >= 15 is 0 Å². The normalized spacial score (nSPS) is 23.1. The predicted octanol–water partition coefficient (Wildman–Crippen LogP) is 4.84. The molecule has 3 aromatic carbocycles. The minimum atomic E-state index is -0.859. The lowest BCUT2D eigenvalue weighted by molar-refractivity contribution is -0.126. The molecule has 2 amide bonds. The van der Waals surface area contributed by atoms with E-state index in [4.69, 9.17) is 4.84 Å². The number of benzene rings is 3. The number of hydrogen-bond acceptors (Lipinski definition) is 4. The first-order chi connectivity index (χ1) is 15.1. The van der Waals surface area contributed by atoms with Crippen LogP contribution in [0, 0.1) is 5.92 Å². The highest BCUT2D eigenvalue weighted by atomic mass is 79.9. The molecule has 0 bridgehead atoms. The molecule has 31 heavy (non-hydrogen) atoms. The Labute approximate surface area is 188 Å². The van der Waals surface area contributed by atoms with Crippen LogP contribution in [-0.2, 0) is 14.4 Å². The molecule has 5 rings (SSSR count).